The molecule has 0 saturated carbocycles. The topological polar surface area (TPSA) is 84.7 Å². The van der Waals surface area contributed by atoms with Gasteiger partial charge in [-0.15, -0.1) is 0 Å². The second-order valence-electron chi connectivity index (χ2n) is 5.39. The molecule has 0 aliphatic carbocycles. The van der Waals surface area contributed by atoms with Gasteiger partial charge in [-0.2, -0.15) is 0 Å². The highest BCUT2D eigenvalue weighted by atomic mass is 16.5. The van der Waals surface area contributed by atoms with Gasteiger partial charge in [-0.3, -0.25) is 9.59 Å². The number of para-hydroxylation sites is 2. The van der Waals surface area contributed by atoms with Crippen LogP contribution in [-0.4, -0.2) is 30.6 Å². The van der Waals surface area contributed by atoms with Crippen LogP contribution in [0, 0.1) is 12.8 Å². The molecule has 0 radical (unpaired) electrons. The highest BCUT2D eigenvalue weighted by molar-refractivity contribution is 6.03. The maximum Gasteiger partial charge on any atom is 0.231 e. The molecule has 1 atom stereocenters. The Bertz CT molecular complexity index is 740. The van der Waals surface area contributed by atoms with E-state index >= 15 is 0 Å². The fourth-order valence-corrected chi connectivity index (χ4v) is 2.62. The maximum atomic E-state index is 12.3. The zero-order valence-electron chi connectivity index (χ0n) is 12.9. The summed E-state index contributed by atoms with van der Waals surface area (Å²) in [7, 11) is 1.55. The van der Waals surface area contributed by atoms with Crippen molar-refractivity contribution in [3.8, 4) is 5.75 Å². The van der Waals surface area contributed by atoms with Crippen molar-refractivity contribution in [2.75, 3.05) is 23.9 Å². The molecule has 1 N–H and O–H groups in total. The molecular formula is C16H17N3O4. The van der Waals surface area contributed by atoms with Gasteiger partial charge in [0, 0.05) is 19.0 Å². The molecule has 1 aromatic carbocycles. The number of ether oxygens (including phenoxy) is 1. The van der Waals surface area contributed by atoms with E-state index in [9.17, 15) is 9.59 Å². The number of benzene rings is 1. The zero-order valence-corrected chi connectivity index (χ0v) is 12.9. The molecule has 1 aliphatic heterocycles. The minimum Gasteiger partial charge on any atom is -0.495 e. The van der Waals surface area contributed by atoms with Crippen molar-refractivity contribution < 1.29 is 18.8 Å². The molecule has 1 saturated heterocycles. The van der Waals surface area contributed by atoms with Gasteiger partial charge in [0.05, 0.1) is 18.7 Å². The second-order valence-corrected chi connectivity index (χ2v) is 5.39. The first-order valence-electron chi connectivity index (χ1n) is 7.26. The number of methoxy groups -OCH3 is 1. The van der Waals surface area contributed by atoms with E-state index in [0.29, 0.717) is 29.6 Å². The van der Waals surface area contributed by atoms with Gasteiger partial charge in [-0.1, -0.05) is 17.3 Å². The quantitative estimate of drug-likeness (QED) is 0.932. The van der Waals surface area contributed by atoms with E-state index in [4.69, 9.17) is 9.26 Å². The van der Waals surface area contributed by atoms with Crippen molar-refractivity contribution in [3.63, 3.8) is 0 Å². The lowest BCUT2D eigenvalue weighted by molar-refractivity contribution is -0.122. The molecule has 1 unspecified atom stereocenters. The minimum atomic E-state index is -0.440. The van der Waals surface area contributed by atoms with Crippen LogP contribution in [0.15, 0.2) is 34.9 Å². The molecule has 2 heterocycles. The highest BCUT2D eigenvalue weighted by Gasteiger charge is 2.36. The lowest BCUT2D eigenvalue weighted by Crippen LogP contribution is -2.28. The Morgan fingerprint density at radius 1 is 1.43 bits per heavy atom. The van der Waals surface area contributed by atoms with Crippen molar-refractivity contribution >= 4 is 23.3 Å². The lowest BCUT2D eigenvalue weighted by Gasteiger charge is -2.19. The third-order valence-corrected chi connectivity index (χ3v) is 3.75. The van der Waals surface area contributed by atoms with E-state index in [1.54, 1.807) is 37.1 Å². The van der Waals surface area contributed by atoms with Crippen LogP contribution in [0.2, 0.25) is 0 Å². The summed E-state index contributed by atoms with van der Waals surface area (Å²) in [6.45, 7) is 2.05. The normalized spacial score (nSPS) is 17.4. The van der Waals surface area contributed by atoms with Crippen molar-refractivity contribution in [3.05, 3.63) is 36.1 Å². The molecule has 1 aromatic heterocycles. The number of anilines is 2. The van der Waals surface area contributed by atoms with Gasteiger partial charge in [-0.25, -0.2) is 0 Å². The predicted molar refractivity (Wildman–Crippen MR) is 83.3 cm³/mol. The summed E-state index contributed by atoms with van der Waals surface area (Å²) in [6.07, 6.45) is 0.153. The first-order chi connectivity index (χ1) is 11.1. The van der Waals surface area contributed by atoms with Crippen LogP contribution in [0.25, 0.3) is 0 Å². The summed E-state index contributed by atoms with van der Waals surface area (Å²) >= 11 is 0. The summed E-state index contributed by atoms with van der Waals surface area (Å²) in [4.78, 5) is 26.1. The molecular weight excluding hydrogens is 298 g/mol. The van der Waals surface area contributed by atoms with Gasteiger partial charge in [0.1, 0.15) is 11.5 Å². The van der Waals surface area contributed by atoms with Crippen LogP contribution in [0.4, 0.5) is 11.5 Å². The van der Waals surface area contributed by atoms with Crippen molar-refractivity contribution in [1.82, 2.24) is 5.16 Å². The smallest absolute Gasteiger partial charge is 0.231 e. The Kier molecular flexibility index (Phi) is 4.01. The number of carbonyl (C=O) groups excluding carboxylic acids is 2. The predicted octanol–water partition coefficient (Wildman–Crippen LogP) is 1.98. The summed E-state index contributed by atoms with van der Waals surface area (Å²) in [6, 6.07) is 8.88. The van der Waals surface area contributed by atoms with Gasteiger partial charge in [0.2, 0.25) is 11.8 Å². The van der Waals surface area contributed by atoms with Crippen LogP contribution < -0.4 is 15.0 Å². The number of aryl methyl sites for hydroxylation is 1. The van der Waals surface area contributed by atoms with Crippen LogP contribution in [0.3, 0.4) is 0 Å². The third-order valence-electron chi connectivity index (χ3n) is 3.75. The van der Waals surface area contributed by atoms with E-state index in [2.05, 4.69) is 10.5 Å². The average molecular weight is 315 g/mol. The fourth-order valence-electron chi connectivity index (χ4n) is 2.62. The number of nitrogens with one attached hydrogen (secondary N) is 1. The molecule has 0 spiro atoms. The van der Waals surface area contributed by atoms with Crippen molar-refractivity contribution in [2.24, 2.45) is 5.92 Å². The van der Waals surface area contributed by atoms with E-state index < -0.39 is 5.92 Å². The minimum absolute atomic E-state index is 0.106. The largest absolute Gasteiger partial charge is 0.495 e. The van der Waals surface area contributed by atoms with Crippen LogP contribution in [0.1, 0.15) is 12.2 Å². The van der Waals surface area contributed by atoms with E-state index in [1.807, 2.05) is 12.1 Å². The molecule has 1 aliphatic rings. The molecule has 120 valence electrons. The molecule has 23 heavy (non-hydrogen) atoms. The Balaban J connectivity index is 1.73. The average Bonchev–Trinajstić information content (AvgIpc) is 3.13. The molecule has 1 fully saturated rings. The van der Waals surface area contributed by atoms with E-state index in [1.165, 1.54) is 0 Å². The number of hydrogen-bond acceptors (Lipinski definition) is 5. The second kappa shape index (κ2) is 6.12. The monoisotopic (exact) mass is 315 g/mol. The molecule has 2 amide bonds. The first kappa shape index (κ1) is 15.1. The maximum absolute atomic E-state index is 12.3. The number of nitrogens with zero attached hydrogens (tertiary/aromatic N) is 2. The molecule has 7 heteroatoms. The first-order valence-corrected chi connectivity index (χ1v) is 7.26. The zero-order chi connectivity index (χ0) is 16.4. The number of hydrogen-bond donors (Lipinski definition) is 1. The molecule has 2 aromatic rings. The molecule has 3 rings (SSSR count). The number of carbonyl (C=O) groups is 2. The van der Waals surface area contributed by atoms with Gasteiger partial charge in [-0.05, 0) is 19.1 Å². The van der Waals surface area contributed by atoms with E-state index in [0.717, 1.165) is 0 Å². The summed E-state index contributed by atoms with van der Waals surface area (Å²) in [5, 5.41) is 6.40. The Labute approximate surface area is 133 Å². The Hall–Kier alpha value is -2.83. The highest BCUT2D eigenvalue weighted by Crippen LogP contribution is 2.33. The van der Waals surface area contributed by atoms with Crippen LogP contribution in [0.5, 0.6) is 5.75 Å². The van der Waals surface area contributed by atoms with E-state index in [-0.39, 0.29) is 18.2 Å². The summed E-state index contributed by atoms with van der Waals surface area (Å²) in [5.41, 5.74) is 0.674. The Morgan fingerprint density at radius 2 is 2.22 bits per heavy atom. The van der Waals surface area contributed by atoms with Crippen molar-refractivity contribution in [2.45, 2.75) is 13.3 Å². The third kappa shape index (κ3) is 3.03. The van der Waals surface area contributed by atoms with Gasteiger partial charge >= 0.3 is 0 Å². The number of rotatable bonds is 4. The van der Waals surface area contributed by atoms with Gasteiger partial charge in [0.15, 0.2) is 5.82 Å². The standard InChI is InChI=1S/C16H17N3O4/c1-10-7-14(18-23-10)17-16(21)11-8-15(20)19(9-11)12-5-3-4-6-13(12)22-2/h3-7,11H,8-9H2,1-2H3,(H,17,18,21). The summed E-state index contributed by atoms with van der Waals surface area (Å²) in [5.74, 6) is 0.780. The summed E-state index contributed by atoms with van der Waals surface area (Å²) < 4.78 is 10.2. The van der Waals surface area contributed by atoms with Crippen LogP contribution in [-0.2, 0) is 9.59 Å². The lowest BCUT2D eigenvalue weighted by atomic mass is 10.1. The fraction of sp³-hybridized carbons (Fsp3) is 0.312. The number of amides is 2. The molecule has 7 nitrogen and oxygen atoms in total. The molecule has 0 bridgehead atoms. The van der Waals surface area contributed by atoms with Crippen LogP contribution >= 0.6 is 0 Å². The van der Waals surface area contributed by atoms with Gasteiger partial charge in [0.25, 0.3) is 0 Å². The van der Waals surface area contributed by atoms with Gasteiger partial charge < -0.3 is 19.5 Å². The Morgan fingerprint density at radius 3 is 2.91 bits per heavy atom. The van der Waals surface area contributed by atoms with Crippen molar-refractivity contribution in [1.29, 1.82) is 0 Å². The SMILES string of the molecule is COc1ccccc1N1CC(C(=O)Nc2cc(C)on2)CC1=O. The number of aromatic nitrogens is 1.